The molecule has 0 aromatic rings. The van der Waals surface area contributed by atoms with Crippen LogP contribution in [-0.2, 0) is 9.31 Å². The van der Waals surface area contributed by atoms with E-state index in [0.29, 0.717) is 0 Å². The van der Waals surface area contributed by atoms with Crippen molar-refractivity contribution in [2.24, 2.45) is 5.92 Å². The van der Waals surface area contributed by atoms with Crippen molar-refractivity contribution in [3.63, 3.8) is 0 Å². The molecule has 2 nitrogen and oxygen atoms in total. The topological polar surface area (TPSA) is 18.5 Å². The minimum absolute atomic E-state index is 0.0125. The second-order valence-corrected chi connectivity index (χ2v) is 5.98. The first-order chi connectivity index (χ1) is 7.32. The Morgan fingerprint density at radius 1 is 1.00 bits per heavy atom. The van der Waals surface area contributed by atoms with Crippen molar-refractivity contribution in [3.05, 3.63) is 0 Å². The summed E-state index contributed by atoms with van der Waals surface area (Å²) in [6.45, 7) is 13.0. The van der Waals surface area contributed by atoms with Gasteiger partial charge < -0.3 is 9.31 Å². The lowest BCUT2D eigenvalue weighted by molar-refractivity contribution is 0.00578. The van der Waals surface area contributed by atoms with Gasteiger partial charge in [0.2, 0.25) is 0 Å². The second kappa shape index (κ2) is 5.09. The van der Waals surface area contributed by atoms with Crippen LogP contribution in [0.3, 0.4) is 0 Å². The zero-order valence-corrected chi connectivity index (χ0v) is 11.8. The second-order valence-electron chi connectivity index (χ2n) is 5.98. The zero-order chi connectivity index (χ0) is 12.4. The Bertz CT molecular complexity index is 210. The maximum atomic E-state index is 6.02. The fourth-order valence-electron chi connectivity index (χ4n) is 2.23. The van der Waals surface area contributed by atoms with Gasteiger partial charge in [-0.15, -0.1) is 0 Å². The summed E-state index contributed by atoms with van der Waals surface area (Å²) in [5.41, 5.74) is -0.357. The summed E-state index contributed by atoms with van der Waals surface area (Å²) in [5, 5.41) is 0. The highest BCUT2D eigenvalue weighted by Crippen LogP contribution is 2.39. The van der Waals surface area contributed by atoms with E-state index in [0.717, 1.165) is 12.2 Å². The van der Waals surface area contributed by atoms with E-state index in [-0.39, 0.29) is 18.3 Å². The maximum Gasteiger partial charge on any atom is 0.458 e. The molecule has 0 spiro atoms. The molecule has 1 saturated heterocycles. The third-order valence-corrected chi connectivity index (χ3v) is 4.10. The molecule has 0 amide bonds. The van der Waals surface area contributed by atoms with E-state index >= 15 is 0 Å². The molecule has 0 bridgehead atoms. The summed E-state index contributed by atoms with van der Waals surface area (Å²) in [5.74, 6) is 0.736. The number of hydrogen-bond donors (Lipinski definition) is 0. The van der Waals surface area contributed by atoms with E-state index in [9.17, 15) is 0 Å². The van der Waals surface area contributed by atoms with E-state index in [1.54, 1.807) is 0 Å². The lowest BCUT2D eigenvalue weighted by atomic mass is 9.75. The molecule has 0 N–H and O–H groups in total. The van der Waals surface area contributed by atoms with Gasteiger partial charge >= 0.3 is 7.12 Å². The van der Waals surface area contributed by atoms with E-state index in [1.807, 2.05) is 0 Å². The summed E-state index contributed by atoms with van der Waals surface area (Å²) < 4.78 is 12.0. The lowest BCUT2D eigenvalue weighted by Crippen LogP contribution is -2.41. The Kier molecular flexibility index (Phi) is 4.47. The highest BCUT2D eigenvalue weighted by Gasteiger charge is 2.51. The van der Waals surface area contributed by atoms with Gasteiger partial charge in [-0.1, -0.05) is 33.1 Å². The van der Waals surface area contributed by atoms with Crippen LogP contribution in [0.15, 0.2) is 0 Å². The van der Waals surface area contributed by atoms with E-state index in [1.165, 1.54) is 19.3 Å². The standard InChI is InChI=1S/C13H27BO2/c1-7-9-11(8-2)10-14-15-12(3,4)13(5,6)16-14/h11H,7-10H2,1-6H3. The third-order valence-electron chi connectivity index (χ3n) is 4.10. The van der Waals surface area contributed by atoms with Gasteiger partial charge in [0.1, 0.15) is 0 Å². The van der Waals surface area contributed by atoms with Gasteiger partial charge in [-0.25, -0.2) is 0 Å². The molecular formula is C13H27BO2. The van der Waals surface area contributed by atoms with Crippen LogP contribution >= 0.6 is 0 Å². The van der Waals surface area contributed by atoms with Crippen LogP contribution in [-0.4, -0.2) is 18.3 Å². The minimum atomic E-state index is -0.178. The molecule has 0 radical (unpaired) electrons. The van der Waals surface area contributed by atoms with Gasteiger partial charge in [-0.2, -0.15) is 0 Å². The van der Waals surface area contributed by atoms with Crippen LogP contribution in [0.4, 0.5) is 0 Å². The Hall–Kier alpha value is -0.0151. The van der Waals surface area contributed by atoms with E-state index < -0.39 is 0 Å². The van der Waals surface area contributed by atoms with Crippen molar-refractivity contribution in [2.45, 2.75) is 78.3 Å². The Morgan fingerprint density at radius 2 is 1.50 bits per heavy atom. The molecule has 0 aromatic carbocycles. The maximum absolute atomic E-state index is 6.02. The summed E-state index contributed by atoms with van der Waals surface area (Å²) >= 11 is 0. The molecule has 0 saturated carbocycles. The minimum Gasteiger partial charge on any atom is -0.403 e. The summed E-state index contributed by atoms with van der Waals surface area (Å²) in [6, 6.07) is 0. The van der Waals surface area contributed by atoms with Gasteiger partial charge in [0.15, 0.2) is 0 Å². The first-order valence-electron chi connectivity index (χ1n) is 6.68. The first-order valence-corrected chi connectivity index (χ1v) is 6.68. The van der Waals surface area contributed by atoms with Gasteiger partial charge in [0.05, 0.1) is 11.2 Å². The molecule has 1 fully saturated rings. The van der Waals surface area contributed by atoms with Crippen molar-refractivity contribution in [2.75, 3.05) is 0 Å². The van der Waals surface area contributed by atoms with Crippen LogP contribution in [0.2, 0.25) is 6.32 Å². The van der Waals surface area contributed by atoms with Crippen molar-refractivity contribution in [3.8, 4) is 0 Å². The Labute approximate surface area is 101 Å². The predicted molar refractivity (Wildman–Crippen MR) is 69.6 cm³/mol. The molecule has 94 valence electrons. The van der Waals surface area contributed by atoms with Crippen molar-refractivity contribution >= 4 is 7.12 Å². The molecule has 1 aliphatic rings. The normalized spacial score (nSPS) is 24.8. The molecule has 1 unspecified atom stereocenters. The summed E-state index contributed by atoms with van der Waals surface area (Å²) in [7, 11) is -0.0125. The van der Waals surface area contributed by atoms with Gasteiger partial charge in [0.25, 0.3) is 0 Å². The first kappa shape index (κ1) is 14.0. The average molecular weight is 226 g/mol. The summed E-state index contributed by atoms with van der Waals surface area (Å²) in [4.78, 5) is 0. The Balaban J connectivity index is 2.52. The van der Waals surface area contributed by atoms with E-state index in [4.69, 9.17) is 9.31 Å². The van der Waals surface area contributed by atoms with Crippen molar-refractivity contribution in [1.82, 2.24) is 0 Å². The van der Waals surface area contributed by atoms with Crippen LogP contribution in [0, 0.1) is 5.92 Å². The summed E-state index contributed by atoms with van der Waals surface area (Å²) in [6.07, 6.45) is 4.79. The predicted octanol–water partition coefficient (Wildman–Crippen LogP) is 3.90. The fraction of sp³-hybridized carbons (Fsp3) is 1.00. The van der Waals surface area contributed by atoms with Crippen molar-refractivity contribution < 1.29 is 9.31 Å². The van der Waals surface area contributed by atoms with Gasteiger partial charge in [-0.05, 0) is 39.9 Å². The molecule has 16 heavy (non-hydrogen) atoms. The fourth-order valence-corrected chi connectivity index (χ4v) is 2.23. The highest BCUT2D eigenvalue weighted by atomic mass is 16.7. The molecule has 1 aliphatic heterocycles. The smallest absolute Gasteiger partial charge is 0.403 e. The van der Waals surface area contributed by atoms with Crippen LogP contribution in [0.25, 0.3) is 0 Å². The number of rotatable bonds is 5. The SMILES string of the molecule is CCCC(CC)CB1OC(C)(C)C(C)(C)O1. The van der Waals surface area contributed by atoms with Crippen molar-refractivity contribution in [1.29, 1.82) is 0 Å². The molecular weight excluding hydrogens is 199 g/mol. The van der Waals surface area contributed by atoms with Crippen LogP contribution in [0.5, 0.6) is 0 Å². The van der Waals surface area contributed by atoms with Crippen LogP contribution in [0.1, 0.15) is 60.8 Å². The largest absolute Gasteiger partial charge is 0.458 e. The Morgan fingerprint density at radius 3 is 1.88 bits per heavy atom. The van der Waals surface area contributed by atoms with Crippen LogP contribution < -0.4 is 0 Å². The molecule has 0 aliphatic carbocycles. The highest BCUT2D eigenvalue weighted by molar-refractivity contribution is 6.45. The zero-order valence-electron chi connectivity index (χ0n) is 11.8. The molecule has 1 atom stereocenters. The molecule has 1 heterocycles. The average Bonchev–Trinajstić information content (AvgIpc) is 2.34. The van der Waals surface area contributed by atoms with E-state index in [2.05, 4.69) is 41.5 Å². The molecule has 3 heteroatoms. The monoisotopic (exact) mass is 226 g/mol. The third kappa shape index (κ3) is 3.01. The lowest BCUT2D eigenvalue weighted by Gasteiger charge is -2.32. The molecule has 0 aromatic heterocycles. The van der Waals surface area contributed by atoms with Gasteiger partial charge in [0, 0.05) is 0 Å². The van der Waals surface area contributed by atoms with Gasteiger partial charge in [-0.3, -0.25) is 0 Å². The molecule has 1 rings (SSSR count). The number of hydrogen-bond acceptors (Lipinski definition) is 2. The quantitative estimate of drug-likeness (QED) is 0.662.